The van der Waals surface area contributed by atoms with Crippen LogP contribution in [-0.4, -0.2) is 45.8 Å². The van der Waals surface area contributed by atoms with E-state index in [0.29, 0.717) is 12.1 Å². The fourth-order valence-electron chi connectivity index (χ4n) is 8.84. The minimum Gasteiger partial charge on any atom is -0.349 e. The van der Waals surface area contributed by atoms with Gasteiger partial charge in [-0.25, -0.2) is 4.68 Å². The SMILES string of the molecule is CN1C2CCC1CC(NC(=O)c1cn(-c3ccccc3)nc1C13CC4CC(CC(C4)C1)C3)C2. The van der Waals surface area contributed by atoms with Crippen LogP contribution in [0.5, 0.6) is 0 Å². The van der Waals surface area contributed by atoms with E-state index in [9.17, 15) is 4.79 Å². The lowest BCUT2D eigenvalue weighted by Crippen LogP contribution is -2.50. The van der Waals surface area contributed by atoms with Crippen LogP contribution in [-0.2, 0) is 5.41 Å². The molecule has 4 aliphatic carbocycles. The number of aromatic nitrogens is 2. The van der Waals surface area contributed by atoms with Crippen molar-refractivity contribution in [1.29, 1.82) is 0 Å². The van der Waals surface area contributed by atoms with Gasteiger partial charge in [-0.15, -0.1) is 0 Å². The molecule has 3 heterocycles. The number of piperidine rings is 1. The van der Waals surface area contributed by atoms with Gasteiger partial charge in [-0.2, -0.15) is 5.10 Å². The summed E-state index contributed by atoms with van der Waals surface area (Å²) in [6, 6.07) is 11.9. The lowest BCUT2D eigenvalue weighted by molar-refractivity contribution is -0.00772. The zero-order valence-corrected chi connectivity index (χ0v) is 19.7. The average molecular weight is 445 g/mol. The van der Waals surface area contributed by atoms with Gasteiger partial charge in [-0.3, -0.25) is 4.79 Å². The molecular weight excluding hydrogens is 408 g/mol. The van der Waals surface area contributed by atoms with Crippen molar-refractivity contribution < 1.29 is 4.79 Å². The second kappa shape index (κ2) is 7.43. The highest BCUT2D eigenvalue weighted by molar-refractivity contribution is 5.95. The highest BCUT2D eigenvalue weighted by Crippen LogP contribution is 2.61. The number of nitrogens with one attached hydrogen (secondary N) is 1. The molecule has 6 fully saturated rings. The molecule has 2 aliphatic heterocycles. The first-order chi connectivity index (χ1) is 16.1. The Morgan fingerprint density at radius 3 is 2.15 bits per heavy atom. The molecule has 5 heteroatoms. The summed E-state index contributed by atoms with van der Waals surface area (Å²) in [7, 11) is 2.26. The molecule has 2 aromatic rings. The van der Waals surface area contributed by atoms with E-state index in [4.69, 9.17) is 5.10 Å². The quantitative estimate of drug-likeness (QED) is 0.744. The van der Waals surface area contributed by atoms with Gasteiger partial charge >= 0.3 is 0 Å². The zero-order chi connectivity index (χ0) is 22.2. The third-order valence-corrected chi connectivity index (χ3v) is 9.95. The van der Waals surface area contributed by atoms with Crippen molar-refractivity contribution in [3.8, 4) is 5.69 Å². The predicted octanol–water partition coefficient (Wildman–Crippen LogP) is 4.70. The van der Waals surface area contributed by atoms with E-state index in [2.05, 4.69) is 41.5 Å². The second-order valence-electron chi connectivity index (χ2n) is 12.1. The summed E-state index contributed by atoms with van der Waals surface area (Å²) in [5, 5.41) is 8.66. The van der Waals surface area contributed by atoms with Crippen LogP contribution < -0.4 is 5.32 Å². The van der Waals surface area contributed by atoms with Crippen molar-refractivity contribution in [3.05, 3.63) is 47.8 Å². The van der Waals surface area contributed by atoms with Gasteiger partial charge in [0.25, 0.3) is 5.91 Å². The van der Waals surface area contributed by atoms with E-state index in [1.807, 2.05) is 16.9 Å². The number of amides is 1. The predicted molar refractivity (Wildman–Crippen MR) is 128 cm³/mol. The van der Waals surface area contributed by atoms with E-state index in [1.165, 1.54) is 51.4 Å². The number of benzene rings is 1. The summed E-state index contributed by atoms with van der Waals surface area (Å²) in [6.07, 6.45) is 14.6. The standard InChI is InChI=1S/C28H36N4O/c1-31-23-7-8-24(31)13-21(12-23)29-27(33)25-17-32(22-5-3-2-4-6-22)30-26(25)28-14-18-9-19(15-28)11-20(10-18)16-28/h2-6,17-21,23-24H,7-16H2,1H3,(H,29,33). The van der Waals surface area contributed by atoms with Crippen molar-refractivity contribution in [2.24, 2.45) is 17.8 Å². The number of hydrogen-bond donors (Lipinski definition) is 1. The van der Waals surface area contributed by atoms with Crippen LogP contribution in [0.1, 0.15) is 80.3 Å². The van der Waals surface area contributed by atoms with Gasteiger partial charge in [0.05, 0.1) is 16.9 Å². The molecular formula is C28H36N4O. The number of para-hydroxylation sites is 1. The van der Waals surface area contributed by atoms with E-state index < -0.39 is 0 Å². The number of fused-ring (bicyclic) bond motifs is 2. The summed E-state index contributed by atoms with van der Waals surface area (Å²) >= 11 is 0. The van der Waals surface area contributed by atoms with Crippen LogP contribution in [0.3, 0.4) is 0 Å². The van der Waals surface area contributed by atoms with Crippen LogP contribution in [0.25, 0.3) is 5.69 Å². The Labute approximate surface area is 196 Å². The average Bonchev–Trinajstić information content (AvgIpc) is 3.32. The maximum absolute atomic E-state index is 13.8. The topological polar surface area (TPSA) is 50.2 Å². The molecule has 1 N–H and O–H groups in total. The molecule has 0 radical (unpaired) electrons. The van der Waals surface area contributed by atoms with Crippen molar-refractivity contribution >= 4 is 5.91 Å². The van der Waals surface area contributed by atoms with Gasteiger partial charge in [0.2, 0.25) is 0 Å². The van der Waals surface area contributed by atoms with Crippen LogP contribution in [0.15, 0.2) is 36.5 Å². The summed E-state index contributed by atoms with van der Waals surface area (Å²) in [5.74, 6) is 2.60. The highest BCUT2D eigenvalue weighted by Gasteiger charge is 2.54. The second-order valence-corrected chi connectivity index (χ2v) is 12.1. The summed E-state index contributed by atoms with van der Waals surface area (Å²) in [5.41, 5.74) is 3.08. The molecule has 8 rings (SSSR count). The van der Waals surface area contributed by atoms with E-state index >= 15 is 0 Å². The molecule has 5 nitrogen and oxygen atoms in total. The van der Waals surface area contributed by atoms with Gasteiger partial charge in [0.15, 0.2) is 0 Å². The molecule has 4 saturated carbocycles. The largest absolute Gasteiger partial charge is 0.349 e. The Hall–Kier alpha value is -2.14. The van der Waals surface area contributed by atoms with Crippen molar-refractivity contribution in [3.63, 3.8) is 0 Å². The van der Waals surface area contributed by atoms with Gasteiger partial charge in [0.1, 0.15) is 0 Å². The van der Waals surface area contributed by atoms with Crippen molar-refractivity contribution in [2.45, 2.75) is 87.7 Å². The number of carbonyl (C=O) groups excluding carboxylic acids is 1. The Morgan fingerprint density at radius 1 is 0.939 bits per heavy atom. The first-order valence-corrected chi connectivity index (χ1v) is 13.2. The third kappa shape index (κ3) is 3.30. The monoisotopic (exact) mass is 444 g/mol. The Balaban J connectivity index is 1.23. The molecule has 6 bridgehead atoms. The first kappa shape index (κ1) is 20.3. The van der Waals surface area contributed by atoms with E-state index in [1.54, 1.807) is 0 Å². The number of carbonyl (C=O) groups is 1. The lowest BCUT2D eigenvalue weighted by Gasteiger charge is -2.56. The summed E-state index contributed by atoms with van der Waals surface area (Å²) in [6.45, 7) is 0. The molecule has 1 aromatic heterocycles. The van der Waals surface area contributed by atoms with Crippen molar-refractivity contribution in [2.75, 3.05) is 7.05 Å². The third-order valence-electron chi connectivity index (χ3n) is 9.95. The normalized spacial score (nSPS) is 39.2. The first-order valence-electron chi connectivity index (χ1n) is 13.2. The van der Waals surface area contributed by atoms with Gasteiger partial charge in [-0.1, -0.05) is 18.2 Å². The molecule has 174 valence electrons. The number of rotatable bonds is 4. The van der Waals surface area contributed by atoms with Gasteiger partial charge in [0, 0.05) is 29.7 Å². The molecule has 0 spiro atoms. The van der Waals surface area contributed by atoms with E-state index in [0.717, 1.165) is 47.5 Å². The molecule has 1 amide bonds. The van der Waals surface area contributed by atoms with E-state index in [-0.39, 0.29) is 17.4 Å². The van der Waals surface area contributed by atoms with Crippen LogP contribution >= 0.6 is 0 Å². The summed E-state index contributed by atoms with van der Waals surface area (Å²) < 4.78 is 1.97. The minimum absolute atomic E-state index is 0.104. The summed E-state index contributed by atoms with van der Waals surface area (Å²) in [4.78, 5) is 16.3. The Bertz CT molecular complexity index is 1010. The fraction of sp³-hybridized carbons (Fsp3) is 0.643. The van der Waals surface area contributed by atoms with Crippen LogP contribution in [0.2, 0.25) is 0 Å². The smallest absolute Gasteiger partial charge is 0.255 e. The Kier molecular flexibility index (Phi) is 4.56. The minimum atomic E-state index is 0.104. The van der Waals surface area contributed by atoms with Crippen LogP contribution in [0.4, 0.5) is 0 Å². The molecule has 1 aromatic carbocycles. The van der Waals surface area contributed by atoms with Gasteiger partial charge < -0.3 is 10.2 Å². The van der Waals surface area contributed by atoms with Crippen LogP contribution in [0, 0.1) is 17.8 Å². The highest BCUT2D eigenvalue weighted by atomic mass is 16.1. The van der Waals surface area contributed by atoms with Crippen molar-refractivity contribution in [1.82, 2.24) is 20.0 Å². The maximum Gasteiger partial charge on any atom is 0.255 e. The van der Waals surface area contributed by atoms with Gasteiger partial charge in [-0.05, 0) is 101 Å². The number of hydrogen-bond acceptors (Lipinski definition) is 3. The molecule has 2 saturated heterocycles. The molecule has 2 atom stereocenters. The molecule has 6 aliphatic rings. The zero-order valence-electron chi connectivity index (χ0n) is 19.7. The Morgan fingerprint density at radius 2 is 1.55 bits per heavy atom. The fourth-order valence-corrected chi connectivity index (χ4v) is 8.84. The number of nitrogens with zero attached hydrogens (tertiary/aromatic N) is 3. The lowest BCUT2D eigenvalue weighted by atomic mass is 9.48. The molecule has 2 unspecified atom stereocenters. The molecule has 33 heavy (non-hydrogen) atoms. The maximum atomic E-state index is 13.8.